The molecule has 0 bridgehead atoms. The van der Waals surface area contributed by atoms with Crippen molar-refractivity contribution in [3.05, 3.63) is 41.5 Å². The van der Waals surface area contributed by atoms with E-state index in [2.05, 4.69) is 5.32 Å². The maximum atomic E-state index is 12.4. The number of imide groups is 1. The van der Waals surface area contributed by atoms with Gasteiger partial charge in [-0.2, -0.15) is 0 Å². The number of carbonyl (C=O) groups is 3. The van der Waals surface area contributed by atoms with Crippen LogP contribution in [0.1, 0.15) is 34.6 Å². The smallest absolute Gasteiger partial charge is 0.261 e. The van der Waals surface area contributed by atoms with Crippen molar-refractivity contribution >= 4 is 34.2 Å². The molecule has 5 nitrogen and oxygen atoms in total. The van der Waals surface area contributed by atoms with Crippen LogP contribution in [0.4, 0.5) is 5.69 Å². The molecule has 0 spiro atoms. The minimum atomic E-state index is -0.291. The van der Waals surface area contributed by atoms with Crippen LogP contribution < -0.4 is 5.32 Å². The van der Waals surface area contributed by atoms with Gasteiger partial charge in [0, 0.05) is 41.1 Å². The summed E-state index contributed by atoms with van der Waals surface area (Å²) in [6.07, 6.45) is 0. The molecule has 1 aliphatic rings. The molecule has 0 unspecified atom stereocenters. The Hall–Kier alpha value is -2.69. The number of anilines is 1. The molecule has 21 heavy (non-hydrogen) atoms. The molecule has 106 valence electrons. The van der Waals surface area contributed by atoms with Gasteiger partial charge >= 0.3 is 0 Å². The Kier molecular flexibility index (Phi) is 2.97. The zero-order chi connectivity index (χ0) is 15.1. The summed E-state index contributed by atoms with van der Waals surface area (Å²) in [7, 11) is 0. The van der Waals surface area contributed by atoms with Gasteiger partial charge in [-0.25, -0.2) is 0 Å². The molecule has 0 radical (unpaired) electrons. The lowest BCUT2D eigenvalue weighted by atomic mass is 9.93. The molecule has 1 N–H and O–H groups in total. The number of amides is 3. The van der Waals surface area contributed by atoms with Gasteiger partial charge < -0.3 is 5.32 Å². The number of benzene rings is 2. The van der Waals surface area contributed by atoms with Crippen molar-refractivity contribution in [2.24, 2.45) is 0 Å². The van der Waals surface area contributed by atoms with Crippen LogP contribution in [0.3, 0.4) is 0 Å². The zero-order valence-corrected chi connectivity index (χ0v) is 11.8. The van der Waals surface area contributed by atoms with Crippen molar-refractivity contribution < 1.29 is 14.4 Å². The number of nitrogens with one attached hydrogen (secondary N) is 1. The van der Waals surface area contributed by atoms with Crippen molar-refractivity contribution in [1.82, 2.24) is 4.90 Å². The quantitative estimate of drug-likeness (QED) is 0.860. The molecule has 2 aromatic carbocycles. The molecule has 3 amide bonds. The Morgan fingerprint density at radius 1 is 1.10 bits per heavy atom. The highest BCUT2D eigenvalue weighted by molar-refractivity contribution is 6.27. The van der Waals surface area contributed by atoms with Gasteiger partial charge in [0.2, 0.25) is 5.91 Å². The predicted molar refractivity (Wildman–Crippen MR) is 79.3 cm³/mol. The molecule has 0 saturated carbocycles. The topological polar surface area (TPSA) is 66.5 Å². The standard InChI is InChI=1S/C16H14N2O3/c1-3-18-15(20)11-6-4-5-10-13(17-9(2)19)8-7-12(14(10)11)16(18)21/h4-8H,3H2,1-2H3,(H,17,19). The summed E-state index contributed by atoms with van der Waals surface area (Å²) in [5.41, 5.74) is 1.60. The normalized spacial score (nSPS) is 13.7. The van der Waals surface area contributed by atoms with Crippen molar-refractivity contribution in [3.63, 3.8) is 0 Å². The molecule has 0 saturated heterocycles. The fourth-order valence-electron chi connectivity index (χ4n) is 2.73. The fraction of sp³-hybridized carbons (Fsp3) is 0.188. The van der Waals surface area contributed by atoms with E-state index in [1.165, 1.54) is 11.8 Å². The number of rotatable bonds is 2. The second-order valence-electron chi connectivity index (χ2n) is 4.92. The minimum absolute atomic E-state index is 0.195. The van der Waals surface area contributed by atoms with Crippen LogP contribution in [0.5, 0.6) is 0 Å². The second kappa shape index (κ2) is 4.70. The molecule has 0 aromatic heterocycles. The number of carbonyl (C=O) groups excluding carboxylic acids is 3. The summed E-state index contributed by atoms with van der Waals surface area (Å²) < 4.78 is 0. The third kappa shape index (κ3) is 1.89. The molecule has 1 heterocycles. The van der Waals surface area contributed by atoms with Crippen LogP contribution in [-0.2, 0) is 4.79 Å². The molecular formula is C16H14N2O3. The predicted octanol–water partition coefficient (Wildman–Crippen LogP) is 2.41. The lowest BCUT2D eigenvalue weighted by molar-refractivity contribution is -0.114. The first kappa shape index (κ1) is 13.3. The van der Waals surface area contributed by atoms with Crippen LogP contribution >= 0.6 is 0 Å². The average Bonchev–Trinajstić information content (AvgIpc) is 2.46. The SMILES string of the molecule is CCN1C(=O)c2cccc3c(NC(C)=O)ccc(c23)C1=O. The summed E-state index contributed by atoms with van der Waals surface area (Å²) in [6, 6.07) is 8.63. The highest BCUT2D eigenvalue weighted by Crippen LogP contribution is 2.34. The van der Waals surface area contributed by atoms with Gasteiger partial charge in [0.15, 0.2) is 0 Å². The van der Waals surface area contributed by atoms with Gasteiger partial charge in [-0.05, 0) is 25.1 Å². The van der Waals surface area contributed by atoms with Crippen LogP contribution in [0.2, 0.25) is 0 Å². The summed E-state index contributed by atoms with van der Waals surface area (Å²) in [6.45, 7) is 3.53. The number of hydrogen-bond donors (Lipinski definition) is 1. The van der Waals surface area contributed by atoms with E-state index in [9.17, 15) is 14.4 Å². The van der Waals surface area contributed by atoms with E-state index in [-0.39, 0.29) is 17.7 Å². The Balaban J connectivity index is 2.34. The van der Waals surface area contributed by atoms with E-state index in [0.717, 1.165) is 0 Å². The minimum Gasteiger partial charge on any atom is -0.326 e. The first-order valence-corrected chi connectivity index (χ1v) is 6.74. The lowest BCUT2D eigenvalue weighted by Crippen LogP contribution is -2.40. The average molecular weight is 282 g/mol. The van der Waals surface area contributed by atoms with Gasteiger partial charge in [0.05, 0.1) is 0 Å². The largest absolute Gasteiger partial charge is 0.326 e. The first-order valence-electron chi connectivity index (χ1n) is 6.74. The van der Waals surface area contributed by atoms with Gasteiger partial charge in [0.25, 0.3) is 11.8 Å². The van der Waals surface area contributed by atoms with Gasteiger partial charge in [-0.3, -0.25) is 19.3 Å². The van der Waals surface area contributed by atoms with Crippen molar-refractivity contribution in [1.29, 1.82) is 0 Å². The Morgan fingerprint density at radius 3 is 2.38 bits per heavy atom. The Morgan fingerprint density at radius 2 is 1.76 bits per heavy atom. The highest BCUT2D eigenvalue weighted by Gasteiger charge is 2.32. The van der Waals surface area contributed by atoms with E-state index in [1.807, 2.05) is 0 Å². The molecule has 1 aliphatic heterocycles. The Labute approximate surface area is 121 Å². The first-order chi connectivity index (χ1) is 10.0. The van der Waals surface area contributed by atoms with E-state index < -0.39 is 0 Å². The number of nitrogens with zero attached hydrogens (tertiary/aromatic N) is 1. The molecule has 0 fully saturated rings. The van der Waals surface area contributed by atoms with Crippen LogP contribution in [0.25, 0.3) is 10.8 Å². The van der Waals surface area contributed by atoms with Crippen LogP contribution in [0, 0.1) is 0 Å². The third-order valence-corrected chi connectivity index (χ3v) is 3.62. The third-order valence-electron chi connectivity index (χ3n) is 3.62. The van der Waals surface area contributed by atoms with Crippen molar-refractivity contribution in [3.8, 4) is 0 Å². The monoisotopic (exact) mass is 282 g/mol. The maximum absolute atomic E-state index is 12.4. The maximum Gasteiger partial charge on any atom is 0.261 e. The van der Waals surface area contributed by atoms with E-state index >= 15 is 0 Å². The molecular weight excluding hydrogens is 268 g/mol. The van der Waals surface area contributed by atoms with E-state index in [1.54, 1.807) is 37.3 Å². The highest BCUT2D eigenvalue weighted by atomic mass is 16.2. The Bertz CT molecular complexity index is 773. The molecule has 2 aromatic rings. The lowest BCUT2D eigenvalue weighted by Gasteiger charge is -2.26. The summed E-state index contributed by atoms with van der Waals surface area (Å²) >= 11 is 0. The van der Waals surface area contributed by atoms with E-state index in [0.29, 0.717) is 34.1 Å². The molecule has 5 heteroatoms. The van der Waals surface area contributed by atoms with Crippen LogP contribution in [-0.4, -0.2) is 29.2 Å². The molecule has 0 atom stereocenters. The summed E-state index contributed by atoms with van der Waals surface area (Å²) in [4.78, 5) is 37.3. The van der Waals surface area contributed by atoms with Crippen molar-refractivity contribution in [2.75, 3.05) is 11.9 Å². The molecule has 0 aliphatic carbocycles. The second-order valence-corrected chi connectivity index (χ2v) is 4.92. The van der Waals surface area contributed by atoms with Gasteiger partial charge in [-0.15, -0.1) is 0 Å². The summed E-state index contributed by atoms with van der Waals surface area (Å²) in [5, 5.41) is 4.05. The number of hydrogen-bond acceptors (Lipinski definition) is 3. The molecule has 3 rings (SSSR count). The van der Waals surface area contributed by atoms with Gasteiger partial charge in [-0.1, -0.05) is 12.1 Å². The van der Waals surface area contributed by atoms with Gasteiger partial charge in [0.1, 0.15) is 0 Å². The van der Waals surface area contributed by atoms with Crippen molar-refractivity contribution in [2.45, 2.75) is 13.8 Å². The fourth-order valence-corrected chi connectivity index (χ4v) is 2.73. The van der Waals surface area contributed by atoms with E-state index in [4.69, 9.17) is 0 Å². The zero-order valence-electron chi connectivity index (χ0n) is 11.8. The van der Waals surface area contributed by atoms with Crippen LogP contribution in [0.15, 0.2) is 30.3 Å². The summed E-state index contributed by atoms with van der Waals surface area (Å²) in [5.74, 6) is -0.777.